The van der Waals surface area contributed by atoms with Crippen molar-refractivity contribution in [3.8, 4) is 0 Å². The Balaban J connectivity index is 2.97. The van der Waals surface area contributed by atoms with Crippen molar-refractivity contribution >= 4 is 21.7 Å². The molecule has 0 unspecified atom stereocenters. The molecule has 0 aliphatic heterocycles. The van der Waals surface area contributed by atoms with Gasteiger partial charge in [-0.05, 0) is 25.5 Å². The summed E-state index contributed by atoms with van der Waals surface area (Å²) >= 11 is 1.21. The molecule has 0 aliphatic rings. The smallest absolute Gasteiger partial charge is 0.297 e. The number of pyridine rings is 1. The van der Waals surface area contributed by atoms with Gasteiger partial charge >= 0.3 is 4.87 Å². The second kappa shape index (κ2) is 2.42. The fourth-order valence-electron chi connectivity index (χ4n) is 1.25. The summed E-state index contributed by atoms with van der Waals surface area (Å²) in [6.45, 7) is 3.91. The number of thiazole rings is 1. The Bertz CT molecular complexity index is 483. The van der Waals surface area contributed by atoms with E-state index in [2.05, 4.69) is 9.97 Å². The van der Waals surface area contributed by atoms with Gasteiger partial charge in [0.05, 0.1) is 4.70 Å². The van der Waals surface area contributed by atoms with Crippen LogP contribution in [-0.4, -0.2) is 9.97 Å². The number of hydrogen-bond donors (Lipinski definition) is 1. The standard InChI is InChI=1S/C8H8N2OS/c1-4-3-5(2)9-7-6(4)12-8(11)10-7/h3H,1-2H3,(H,9,10,11). The van der Waals surface area contributed by atoms with Crippen molar-refractivity contribution < 1.29 is 0 Å². The minimum atomic E-state index is -0.0359. The highest BCUT2D eigenvalue weighted by Gasteiger charge is 2.03. The van der Waals surface area contributed by atoms with Gasteiger partial charge in [0.2, 0.25) is 0 Å². The summed E-state index contributed by atoms with van der Waals surface area (Å²) in [5, 5.41) is 0. The second-order valence-corrected chi connectivity index (χ2v) is 3.76. The molecule has 4 heteroatoms. The van der Waals surface area contributed by atoms with Gasteiger partial charge < -0.3 is 0 Å². The molecule has 3 nitrogen and oxygen atoms in total. The van der Waals surface area contributed by atoms with Gasteiger partial charge in [-0.2, -0.15) is 0 Å². The zero-order valence-electron chi connectivity index (χ0n) is 6.84. The van der Waals surface area contributed by atoms with Crippen LogP contribution in [0.4, 0.5) is 0 Å². The lowest BCUT2D eigenvalue weighted by molar-refractivity contribution is 1.20. The first kappa shape index (κ1) is 7.49. The van der Waals surface area contributed by atoms with E-state index in [-0.39, 0.29) is 4.87 Å². The SMILES string of the molecule is Cc1cc(C)c2sc(=O)[nH]c2n1. The first-order valence-corrected chi connectivity index (χ1v) is 4.45. The molecule has 2 aromatic heterocycles. The molecule has 0 aromatic carbocycles. The van der Waals surface area contributed by atoms with Gasteiger partial charge in [0, 0.05) is 5.69 Å². The first-order chi connectivity index (χ1) is 5.66. The number of aromatic amines is 1. The van der Waals surface area contributed by atoms with Crippen molar-refractivity contribution in [2.75, 3.05) is 0 Å². The summed E-state index contributed by atoms with van der Waals surface area (Å²) in [4.78, 5) is 17.8. The maximum Gasteiger partial charge on any atom is 0.306 e. The molecule has 0 amide bonds. The first-order valence-electron chi connectivity index (χ1n) is 3.64. The quantitative estimate of drug-likeness (QED) is 0.669. The minimum Gasteiger partial charge on any atom is -0.297 e. The molecule has 0 spiro atoms. The number of nitrogens with one attached hydrogen (secondary N) is 1. The predicted molar refractivity (Wildman–Crippen MR) is 49.7 cm³/mol. The van der Waals surface area contributed by atoms with E-state index < -0.39 is 0 Å². The van der Waals surface area contributed by atoms with Crippen LogP contribution in [0.3, 0.4) is 0 Å². The Morgan fingerprint density at radius 3 is 3.00 bits per heavy atom. The average molecular weight is 180 g/mol. The van der Waals surface area contributed by atoms with Gasteiger partial charge in [-0.15, -0.1) is 0 Å². The number of aromatic nitrogens is 2. The van der Waals surface area contributed by atoms with Gasteiger partial charge in [0.1, 0.15) is 0 Å². The molecule has 0 saturated heterocycles. The average Bonchev–Trinajstić information content (AvgIpc) is 2.29. The molecule has 0 bridgehead atoms. The van der Waals surface area contributed by atoms with Gasteiger partial charge in [-0.25, -0.2) is 4.98 Å². The van der Waals surface area contributed by atoms with E-state index in [0.29, 0.717) is 5.65 Å². The molecule has 0 radical (unpaired) electrons. The molecule has 0 aliphatic carbocycles. The fourth-order valence-corrected chi connectivity index (χ4v) is 2.00. The Morgan fingerprint density at radius 2 is 2.25 bits per heavy atom. The number of nitrogens with zero attached hydrogens (tertiary/aromatic N) is 1. The molecular weight excluding hydrogens is 172 g/mol. The molecule has 12 heavy (non-hydrogen) atoms. The van der Waals surface area contributed by atoms with Crippen LogP contribution < -0.4 is 4.87 Å². The summed E-state index contributed by atoms with van der Waals surface area (Å²) in [6.07, 6.45) is 0. The van der Waals surface area contributed by atoms with Crippen molar-refractivity contribution in [2.45, 2.75) is 13.8 Å². The lowest BCUT2D eigenvalue weighted by Gasteiger charge is -1.95. The van der Waals surface area contributed by atoms with Crippen LogP contribution in [0, 0.1) is 13.8 Å². The van der Waals surface area contributed by atoms with E-state index in [1.165, 1.54) is 11.3 Å². The zero-order chi connectivity index (χ0) is 8.72. The molecule has 2 aromatic rings. The predicted octanol–water partition coefficient (Wildman–Crippen LogP) is 1.60. The largest absolute Gasteiger partial charge is 0.306 e. The van der Waals surface area contributed by atoms with Gasteiger partial charge in [-0.1, -0.05) is 11.3 Å². The molecule has 0 saturated carbocycles. The van der Waals surface area contributed by atoms with Crippen molar-refractivity contribution in [2.24, 2.45) is 0 Å². The van der Waals surface area contributed by atoms with Crippen LogP contribution in [0.15, 0.2) is 10.9 Å². The van der Waals surface area contributed by atoms with Gasteiger partial charge in [0.25, 0.3) is 0 Å². The lowest BCUT2D eigenvalue weighted by atomic mass is 10.2. The number of rotatable bonds is 0. The van der Waals surface area contributed by atoms with Gasteiger partial charge in [0.15, 0.2) is 5.65 Å². The maximum atomic E-state index is 11.0. The molecule has 0 fully saturated rings. The summed E-state index contributed by atoms with van der Waals surface area (Å²) in [5.41, 5.74) is 2.76. The van der Waals surface area contributed by atoms with E-state index in [4.69, 9.17) is 0 Å². The maximum absolute atomic E-state index is 11.0. The number of hydrogen-bond acceptors (Lipinski definition) is 3. The molecule has 0 atom stereocenters. The van der Waals surface area contributed by atoms with Crippen LogP contribution in [0.1, 0.15) is 11.3 Å². The molecule has 2 heterocycles. The summed E-state index contributed by atoms with van der Waals surface area (Å²) in [7, 11) is 0. The van der Waals surface area contributed by atoms with Crippen molar-refractivity contribution in [3.63, 3.8) is 0 Å². The highest BCUT2D eigenvalue weighted by molar-refractivity contribution is 7.16. The Kier molecular flexibility index (Phi) is 1.51. The van der Waals surface area contributed by atoms with Crippen LogP contribution in [0.5, 0.6) is 0 Å². The summed E-state index contributed by atoms with van der Waals surface area (Å²) in [5.74, 6) is 0. The summed E-state index contributed by atoms with van der Waals surface area (Å²) in [6, 6.07) is 1.98. The third-order valence-electron chi connectivity index (χ3n) is 1.70. The highest BCUT2D eigenvalue weighted by atomic mass is 32.1. The number of fused-ring (bicyclic) bond motifs is 1. The van der Waals surface area contributed by atoms with Crippen LogP contribution in [0.2, 0.25) is 0 Å². The Morgan fingerprint density at radius 1 is 1.50 bits per heavy atom. The van der Waals surface area contributed by atoms with E-state index in [1.54, 1.807) is 0 Å². The Hall–Kier alpha value is -1.16. The molecule has 2 rings (SSSR count). The van der Waals surface area contributed by atoms with Crippen molar-refractivity contribution in [3.05, 3.63) is 27.0 Å². The highest BCUT2D eigenvalue weighted by Crippen LogP contribution is 2.17. The molecular formula is C8H8N2OS. The lowest BCUT2D eigenvalue weighted by Crippen LogP contribution is -1.91. The van der Waals surface area contributed by atoms with E-state index >= 15 is 0 Å². The number of H-pyrrole nitrogens is 1. The van der Waals surface area contributed by atoms with Crippen LogP contribution >= 0.6 is 11.3 Å². The Labute approximate surface area is 73.1 Å². The number of aryl methyl sites for hydroxylation is 2. The van der Waals surface area contributed by atoms with Crippen molar-refractivity contribution in [1.82, 2.24) is 9.97 Å². The topological polar surface area (TPSA) is 45.8 Å². The second-order valence-electron chi connectivity index (χ2n) is 2.77. The van der Waals surface area contributed by atoms with E-state index in [0.717, 1.165) is 16.0 Å². The van der Waals surface area contributed by atoms with E-state index in [1.807, 2.05) is 19.9 Å². The third kappa shape index (κ3) is 1.04. The normalized spacial score (nSPS) is 10.8. The minimum absolute atomic E-state index is 0.0359. The van der Waals surface area contributed by atoms with Crippen LogP contribution in [0.25, 0.3) is 10.3 Å². The van der Waals surface area contributed by atoms with Crippen molar-refractivity contribution in [1.29, 1.82) is 0 Å². The monoisotopic (exact) mass is 180 g/mol. The van der Waals surface area contributed by atoms with Gasteiger partial charge in [-0.3, -0.25) is 9.78 Å². The zero-order valence-corrected chi connectivity index (χ0v) is 7.66. The molecule has 62 valence electrons. The molecule has 1 N–H and O–H groups in total. The summed E-state index contributed by atoms with van der Waals surface area (Å²) < 4.78 is 0.964. The van der Waals surface area contributed by atoms with Crippen LogP contribution in [-0.2, 0) is 0 Å². The van der Waals surface area contributed by atoms with E-state index in [9.17, 15) is 4.79 Å². The third-order valence-corrected chi connectivity index (χ3v) is 2.71. The fraction of sp³-hybridized carbons (Fsp3) is 0.250.